The Morgan fingerprint density at radius 2 is 0.552 bits per heavy atom. The van der Waals surface area contributed by atoms with Crippen molar-refractivity contribution in [3.8, 4) is 0 Å². The van der Waals surface area contributed by atoms with Crippen LogP contribution < -0.4 is 0 Å². The molecule has 0 aliphatic rings. The van der Waals surface area contributed by atoms with Crippen LogP contribution in [-0.2, 0) is 65.4 Å². The standard InChI is InChI=1S/C77H134O17P2/c1-5-9-13-17-21-25-29-32-34-35-37-39-43-46-50-54-58-62-75(80)88-68-73(94-77(82)64-60-56-52-48-44-40-36-33-30-26-22-18-14-10-6-2)70-92-96(85,86)90-66-71(78)65-89-95(83,84)91-69-72(93-76(81)63-59-55-51-47-41-28-24-20-16-12-8-4)67-87-74(79)61-57-53-49-45-42-38-31-27-23-19-15-11-7-3/h9,13,20-22,24-27,31-34,36-37,39,71-73,78H,5-8,10-12,14-19,23,28-30,35,38,40-70H2,1-4H3,(H,83,84)(H,85,86)/b13-9-,24-20-,25-21-,26-22-,31-27-,34-32-,36-33-,39-37-. The molecule has 554 valence electrons. The van der Waals surface area contributed by atoms with E-state index < -0.39 is 97.5 Å². The molecule has 5 unspecified atom stereocenters. The Morgan fingerprint density at radius 3 is 0.896 bits per heavy atom. The van der Waals surface area contributed by atoms with Crippen LogP contribution in [0.2, 0.25) is 0 Å². The molecule has 0 saturated heterocycles. The van der Waals surface area contributed by atoms with Crippen molar-refractivity contribution in [3.05, 3.63) is 97.2 Å². The van der Waals surface area contributed by atoms with E-state index in [0.717, 1.165) is 173 Å². The number of hydrogen-bond acceptors (Lipinski definition) is 15. The van der Waals surface area contributed by atoms with Gasteiger partial charge in [0.2, 0.25) is 0 Å². The van der Waals surface area contributed by atoms with Crippen molar-refractivity contribution in [2.75, 3.05) is 39.6 Å². The Balaban J connectivity index is 5.36. The minimum Gasteiger partial charge on any atom is -0.462 e. The van der Waals surface area contributed by atoms with Gasteiger partial charge in [0.15, 0.2) is 12.2 Å². The molecule has 0 aliphatic heterocycles. The molecule has 17 nitrogen and oxygen atoms in total. The molecule has 0 fully saturated rings. The SMILES string of the molecule is CC/C=C\C/C=C\C/C=C\C/C=C\CCCCCCC(=O)OCC(COP(=O)(O)OCC(O)COP(=O)(O)OCC(COC(=O)CCCCCCC/C=C\CCCCCC)OC(=O)CCCCCCC/C=C\CCCC)OC(=O)CCCCCCC/C=C\C/C=C\CCCCC. The van der Waals surface area contributed by atoms with E-state index in [1.54, 1.807) is 0 Å². The lowest BCUT2D eigenvalue weighted by atomic mass is 10.1. The van der Waals surface area contributed by atoms with Crippen LogP contribution in [0.5, 0.6) is 0 Å². The monoisotopic (exact) mass is 1390 g/mol. The number of rotatable bonds is 70. The molecule has 0 bridgehead atoms. The number of unbranched alkanes of at least 4 members (excludes halogenated alkanes) is 28. The van der Waals surface area contributed by atoms with Crippen LogP contribution >= 0.6 is 15.6 Å². The molecular formula is C77H134O17P2. The van der Waals surface area contributed by atoms with Crippen LogP contribution in [0.1, 0.15) is 310 Å². The molecule has 0 aliphatic carbocycles. The van der Waals surface area contributed by atoms with Crippen LogP contribution in [0, 0.1) is 0 Å². The number of aliphatic hydroxyl groups excluding tert-OH is 1. The summed E-state index contributed by atoms with van der Waals surface area (Å²) in [6, 6.07) is 0. The molecular weight excluding hydrogens is 1260 g/mol. The normalized spacial score (nSPS) is 14.5. The van der Waals surface area contributed by atoms with E-state index in [9.17, 15) is 43.2 Å². The number of allylic oxidation sites excluding steroid dienone is 16. The van der Waals surface area contributed by atoms with Gasteiger partial charge in [0, 0.05) is 25.7 Å². The highest BCUT2D eigenvalue weighted by molar-refractivity contribution is 7.47. The van der Waals surface area contributed by atoms with Crippen LogP contribution in [0.3, 0.4) is 0 Å². The molecule has 0 amide bonds. The van der Waals surface area contributed by atoms with E-state index in [-0.39, 0.29) is 25.7 Å². The highest BCUT2D eigenvalue weighted by Gasteiger charge is 2.30. The minimum absolute atomic E-state index is 0.0727. The Bertz CT molecular complexity index is 2200. The maximum atomic E-state index is 13.1. The predicted octanol–water partition coefficient (Wildman–Crippen LogP) is 21.2. The molecule has 5 atom stereocenters. The van der Waals surface area contributed by atoms with Crippen molar-refractivity contribution >= 4 is 39.5 Å². The van der Waals surface area contributed by atoms with Gasteiger partial charge in [-0.3, -0.25) is 37.3 Å². The third kappa shape index (κ3) is 68.5. The lowest BCUT2D eigenvalue weighted by Gasteiger charge is -2.21. The van der Waals surface area contributed by atoms with Gasteiger partial charge in [-0.1, -0.05) is 240 Å². The highest BCUT2D eigenvalue weighted by Crippen LogP contribution is 2.45. The summed E-state index contributed by atoms with van der Waals surface area (Å²) in [5.41, 5.74) is 0. The van der Waals surface area contributed by atoms with Gasteiger partial charge in [-0.2, -0.15) is 0 Å². The molecule has 0 aromatic heterocycles. The van der Waals surface area contributed by atoms with Crippen molar-refractivity contribution in [2.45, 2.75) is 329 Å². The fraction of sp³-hybridized carbons (Fsp3) is 0.740. The minimum atomic E-state index is -4.98. The molecule has 0 saturated carbocycles. The largest absolute Gasteiger partial charge is 0.472 e. The average molecular weight is 1390 g/mol. The summed E-state index contributed by atoms with van der Waals surface area (Å²) in [4.78, 5) is 72.7. The van der Waals surface area contributed by atoms with Crippen molar-refractivity contribution < 1.29 is 80.2 Å². The number of carbonyl (C=O) groups is 4. The first kappa shape index (κ1) is 92.0. The topological polar surface area (TPSA) is 237 Å². The van der Waals surface area contributed by atoms with E-state index in [1.165, 1.54) is 57.8 Å². The fourth-order valence-corrected chi connectivity index (χ4v) is 11.3. The zero-order valence-corrected chi connectivity index (χ0v) is 62.1. The third-order valence-electron chi connectivity index (χ3n) is 15.5. The maximum absolute atomic E-state index is 13.1. The van der Waals surface area contributed by atoms with E-state index in [0.29, 0.717) is 25.7 Å². The number of carbonyl (C=O) groups excluding carboxylic acids is 4. The van der Waals surface area contributed by atoms with Gasteiger partial charge >= 0.3 is 39.5 Å². The van der Waals surface area contributed by atoms with Crippen molar-refractivity contribution in [1.82, 2.24) is 0 Å². The molecule has 0 aromatic carbocycles. The summed E-state index contributed by atoms with van der Waals surface area (Å²) in [5.74, 6) is -2.23. The summed E-state index contributed by atoms with van der Waals surface area (Å²) in [6.45, 7) is 4.62. The first-order chi connectivity index (χ1) is 46.7. The molecule has 0 spiro atoms. The summed E-state index contributed by atoms with van der Waals surface area (Å²) >= 11 is 0. The quantitative estimate of drug-likeness (QED) is 0.0169. The summed E-state index contributed by atoms with van der Waals surface area (Å²) < 4.78 is 68.3. The second kappa shape index (κ2) is 69.5. The molecule has 19 heteroatoms. The Kier molecular flexibility index (Phi) is 66.6. The zero-order valence-electron chi connectivity index (χ0n) is 60.3. The summed E-state index contributed by atoms with van der Waals surface area (Å²) in [6.07, 6.45) is 71.2. The fourth-order valence-electron chi connectivity index (χ4n) is 9.75. The first-order valence-electron chi connectivity index (χ1n) is 37.5. The number of phosphoric acid groups is 2. The van der Waals surface area contributed by atoms with Gasteiger partial charge in [0.25, 0.3) is 0 Å². The Hall–Kier alpha value is -4.02. The second-order valence-corrected chi connectivity index (χ2v) is 27.8. The van der Waals surface area contributed by atoms with Crippen molar-refractivity contribution in [3.63, 3.8) is 0 Å². The smallest absolute Gasteiger partial charge is 0.462 e. The van der Waals surface area contributed by atoms with Crippen molar-refractivity contribution in [2.24, 2.45) is 0 Å². The number of ether oxygens (including phenoxy) is 4. The molecule has 0 radical (unpaired) electrons. The molecule has 0 aromatic rings. The van der Waals surface area contributed by atoms with E-state index in [1.807, 2.05) is 0 Å². The van der Waals surface area contributed by atoms with Crippen LogP contribution in [0.25, 0.3) is 0 Å². The van der Waals surface area contributed by atoms with Gasteiger partial charge in [-0.15, -0.1) is 0 Å². The van der Waals surface area contributed by atoms with E-state index >= 15 is 0 Å². The van der Waals surface area contributed by atoms with Gasteiger partial charge in [0.05, 0.1) is 26.4 Å². The van der Waals surface area contributed by atoms with Crippen LogP contribution in [-0.4, -0.2) is 96.7 Å². The second-order valence-electron chi connectivity index (χ2n) is 24.8. The van der Waals surface area contributed by atoms with Gasteiger partial charge in [0.1, 0.15) is 19.3 Å². The Morgan fingerprint density at radius 1 is 0.302 bits per heavy atom. The summed E-state index contributed by atoms with van der Waals surface area (Å²) in [7, 11) is -9.95. The average Bonchev–Trinajstić information content (AvgIpc) is 2.18. The number of hydrogen-bond donors (Lipinski definition) is 3. The van der Waals surface area contributed by atoms with Crippen molar-refractivity contribution in [1.29, 1.82) is 0 Å². The van der Waals surface area contributed by atoms with Crippen LogP contribution in [0.4, 0.5) is 0 Å². The molecule has 0 rings (SSSR count). The number of esters is 4. The molecule has 0 heterocycles. The lowest BCUT2D eigenvalue weighted by Crippen LogP contribution is -2.30. The first-order valence-corrected chi connectivity index (χ1v) is 40.5. The van der Waals surface area contributed by atoms with E-state index in [4.69, 9.17) is 37.0 Å². The highest BCUT2D eigenvalue weighted by atomic mass is 31.2. The third-order valence-corrected chi connectivity index (χ3v) is 17.4. The Labute approximate surface area is 582 Å². The van der Waals surface area contributed by atoms with Crippen LogP contribution in [0.15, 0.2) is 97.2 Å². The number of aliphatic hydroxyl groups is 1. The molecule has 3 N–H and O–H groups in total. The lowest BCUT2D eigenvalue weighted by molar-refractivity contribution is -0.161. The summed E-state index contributed by atoms with van der Waals surface area (Å²) in [5, 5.41) is 10.6. The predicted molar refractivity (Wildman–Crippen MR) is 390 cm³/mol. The van der Waals surface area contributed by atoms with Gasteiger partial charge in [-0.25, -0.2) is 9.13 Å². The van der Waals surface area contributed by atoms with Gasteiger partial charge in [-0.05, 0) is 141 Å². The van der Waals surface area contributed by atoms with Gasteiger partial charge < -0.3 is 33.8 Å². The zero-order chi connectivity index (χ0) is 70.4. The number of phosphoric ester groups is 2. The van der Waals surface area contributed by atoms with E-state index in [2.05, 4.69) is 125 Å². The molecule has 96 heavy (non-hydrogen) atoms. The maximum Gasteiger partial charge on any atom is 0.472 e.